The van der Waals surface area contributed by atoms with E-state index in [1.165, 1.54) is 51.4 Å². The van der Waals surface area contributed by atoms with E-state index in [2.05, 4.69) is 24.4 Å². The molecule has 0 saturated heterocycles. The fourth-order valence-corrected chi connectivity index (χ4v) is 3.55. The quantitative estimate of drug-likeness (QED) is 0.304. The summed E-state index contributed by atoms with van der Waals surface area (Å²) in [5.74, 6) is 0. The molecule has 0 aromatic rings. The number of hydrogen-bond acceptors (Lipinski definition) is 2. The van der Waals surface area contributed by atoms with Gasteiger partial charge >= 0.3 is 7.82 Å². The summed E-state index contributed by atoms with van der Waals surface area (Å²) in [5, 5.41) is 0. The van der Waals surface area contributed by atoms with E-state index in [0.29, 0.717) is 5.41 Å². The van der Waals surface area contributed by atoms with E-state index in [0.717, 1.165) is 19.3 Å². The first-order valence-corrected chi connectivity index (χ1v) is 10.2. The van der Waals surface area contributed by atoms with E-state index in [9.17, 15) is 4.57 Å². The summed E-state index contributed by atoms with van der Waals surface area (Å²) in [6.07, 6.45) is 15.5. The van der Waals surface area contributed by atoms with Crippen molar-refractivity contribution >= 4 is 7.82 Å². The molecule has 0 spiro atoms. The van der Waals surface area contributed by atoms with Crippen LogP contribution in [0.5, 0.6) is 0 Å². The molecule has 130 valence electrons. The minimum absolute atomic E-state index is 0.160. The Morgan fingerprint density at radius 3 is 2.27 bits per heavy atom. The van der Waals surface area contributed by atoms with Crippen LogP contribution in [0.4, 0.5) is 0 Å². The fourth-order valence-electron chi connectivity index (χ4n) is 3.18. The molecule has 1 aliphatic carbocycles. The first kappa shape index (κ1) is 19.9. The summed E-state index contributed by atoms with van der Waals surface area (Å²) in [4.78, 5) is 17.1. The molecule has 0 heterocycles. The van der Waals surface area contributed by atoms with Crippen LogP contribution in [-0.4, -0.2) is 16.4 Å². The molecule has 1 rings (SSSR count). The van der Waals surface area contributed by atoms with Crippen molar-refractivity contribution in [2.24, 2.45) is 5.41 Å². The summed E-state index contributed by atoms with van der Waals surface area (Å²) in [5.41, 5.74) is 2.07. The zero-order chi connectivity index (χ0) is 16.5. The Bertz CT molecular complexity index is 384. The van der Waals surface area contributed by atoms with E-state index >= 15 is 0 Å². The maximum atomic E-state index is 10.5. The lowest BCUT2D eigenvalue weighted by molar-refractivity contribution is 0.193. The molecular formula is C17H33O4P. The molecule has 4 nitrogen and oxygen atoms in total. The van der Waals surface area contributed by atoms with Crippen LogP contribution < -0.4 is 0 Å². The lowest BCUT2D eigenvalue weighted by atomic mass is 9.74. The van der Waals surface area contributed by atoms with Crippen molar-refractivity contribution < 1.29 is 18.9 Å². The molecule has 1 aliphatic rings. The molecule has 2 N–H and O–H groups in total. The number of hydrogen-bond donors (Lipinski definition) is 2. The first-order chi connectivity index (χ1) is 10.3. The Labute approximate surface area is 135 Å². The zero-order valence-electron chi connectivity index (χ0n) is 14.2. The van der Waals surface area contributed by atoms with Gasteiger partial charge in [0.15, 0.2) is 0 Å². The highest BCUT2D eigenvalue weighted by atomic mass is 31.2. The third kappa shape index (κ3) is 9.09. The van der Waals surface area contributed by atoms with E-state index in [4.69, 9.17) is 9.79 Å². The molecule has 0 bridgehead atoms. The van der Waals surface area contributed by atoms with Crippen molar-refractivity contribution in [3.63, 3.8) is 0 Å². The van der Waals surface area contributed by atoms with Gasteiger partial charge in [0.1, 0.15) is 0 Å². The van der Waals surface area contributed by atoms with E-state index in [1.54, 1.807) is 5.57 Å². The van der Waals surface area contributed by atoms with Crippen molar-refractivity contribution in [2.75, 3.05) is 6.61 Å². The largest absolute Gasteiger partial charge is 0.469 e. The Morgan fingerprint density at radius 2 is 1.68 bits per heavy atom. The minimum atomic E-state index is -4.27. The van der Waals surface area contributed by atoms with Gasteiger partial charge < -0.3 is 9.79 Å². The molecule has 0 amide bonds. The lowest BCUT2D eigenvalue weighted by Gasteiger charge is -2.32. The number of phosphoric acid groups is 1. The molecule has 0 aromatic carbocycles. The molecule has 0 radical (unpaired) electrons. The average Bonchev–Trinajstić information content (AvgIpc) is 2.41. The number of allylic oxidation sites excluding steroid dienone is 2. The zero-order valence-corrected chi connectivity index (χ0v) is 15.1. The van der Waals surface area contributed by atoms with Crippen molar-refractivity contribution in [1.82, 2.24) is 0 Å². The minimum Gasteiger partial charge on any atom is -0.303 e. The predicted octanol–water partition coefficient (Wildman–Crippen LogP) is 5.35. The molecule has 22 heavy (non-hydrogen) atoms. The van der Waals surface area contributed by atoms with Gasteiger partial charge in [0.05, 0.1) is 6.61 Å². The fraction of sp³-hybridized carbons (Fsp3) is 0.882. The van der Waals surface area contributed by atoms with Crippen LogP contribution in [0.15, 0.2) is 11.6 Å². The molecule has 0 atom stereocenters. The van der Waals surface area contributed by atoms with Gasteiger partial charge in [-0.3, -0.25) is 4.52 Å². The third-order valence-corrected chi connectivity index (χ3v) is 5.13. The van der Waals surface area contributed by atoms with E-state index < -0.39 is 7.82 Å². The van der Waals surface area contributed by atoms with Crippen molar-refractivity contribution in [3.05, 3.63) is 11.6 Å². The summed E-state index contributed by atoms with van der Waals surface area (Å²) in [7, 11) is -4.27. The van der Waals surface area contributed by atoms with Crippen LogP contribution in [0.25, 0.3) is 0 Å². The molecule has 5 heteroatoms. The molecule has 0 fully saturated rings. The number of rotatable bonds is 11. The van der Waals surface area contributed by atoms with Crippen LogP contribution in [-0.2, 0) is 9.09 Å². The lowest BCUT2D eigenvalue weighted by Crippen LogP contribution is -2.18. The highest BCUT2D eigenvalue weighted by molar-refractivity contribution is 7.46. The summed E-state index contributed by atoms with van der Waals surface area (Å²) < 4.78 is 14.9. The normalized spacial score (nSPS) is 18.3. The Balaban J connectivity index is 1.94. The second-order valence-electron chi connectivity index (χ2n) is 7.05. The highest BCUT2D eigenvalue weighted by Gasteiger charge is 2.24. The molecule has 0 unspecified atom stereocenters. The van der Waals surface area contributed by atoms with Gasteiger partial charge in [-0.25, -0.2) is 4.57 Å². The molecule has 0 saturated carbocycles. The second kappa shape index (κ2) is 9.87. The Morgan fingerprint density at radius 1 is 1.09 bits per heavy atom. The molecular weight excluding hydrogens is 299 g/mol. The van der Waals surface area contributed by atoms with Gasteiger partial charge in [-0.05, 0) is 43.9 Å². The van der Waals surface area contributed by atoms with Crippen LogP contribution in [0.2, 0.25) is 0 Å². The first-order valence-electron chi connectivity index (χ1n) is 8.71. The SMILES string of the molecule is CC1(C)CCCC=C1CCCCCCCCCOP(=O)(O)O. The van der Waals surface area contributed by atoms with Crippen molar-refractivity contribution in [3.8, 4) is 0 Å². The molecule has 0 aromatic heterocycles. The summed E-state index contributed by atoms with van der Waals surface area (Å²) >= 11 is 0. The average molecular weight is 332 g/mol. The number of phosphoric ester groups is 1. The highest BCUT2D eigenvalue weighted by Crippen LogP contribution is 2.39. The van der Waals surface area contributed by atoms with Crippen LogP contribution in [0, 0.1) is 5.41 Å². The number of unbranched alkanes of at least 4 members (excludes halogenated alkanes) is 6. The standard InChI is InChI=1S/C17H33O4P/c1-17(2)14-10-9-13-16(17)12-8-6-4-3-5-7-11-15-21-22(18,19)20/h13H,3-12,14-15H2,1-2H3,(H2,18,19,20). The van der Waals surface area contributed by atoms with Crippen molar-refractivity contribution in [1.29, 1.82) is 0 Å². The van der Waals surface area contributed by atoms with Gasteiger partial charge in [-0.15, -0.1) is 0 Å². The molecule has 0 aliphatic heterocycles. The van der Waals surface area contributed by atoms with Gasteiger partial charge in [0.2, 0.25) is 0 Å². The van der Waals surface area contributed by atoms with Gasteiger partial charge in [-0.1, -0.05) is 57.6 Å². The Kier molecular flexibility index (Phi) is 8.93. The van der Waals surface area contributed by atoms with E-state index in [1.807, 2.05) is 0 Å². The van der Waals surface area contributed by atoms with Gasteiger partial charge in [0, 0.05) is 0 Å². The summed E-state index contributed by atoms with van der Waals surface area (Å²) in [6, 6.07) is 0. The maximum Gasteiger partial charge on any atom is 0.469 e. The van der Waals surface area contributed by atoms with Crippen LogP contribution in [0.1, 0.15) is 84.5 Å². The van der Waals surface area contributed by atoms with Crippen LogP contribution in [0.3, 0.4) is 0 Å². The second-order valence-corrected chi connectivity index (χ2v) is 8.29. The smallest absolute Gasteiger partial charge is 0.303 e. The van der Waals surface area contributed by atoms with Crippen LogP contribution >= 0.6 is 7.82 Å². The Hall–Kier alpha value is -0.150. The van der Waals surface area contributed by atoms with Gasteiger partial charge in [-0.2, -0.15) is 0 Å². The predicted molar refractivity (Wildman–Crippen MR) is 90.6 cm³/mol. The topological polar surface area (TPSA) is 66.8 Å². The van der Waals surface area contributed by atoms with E-state index in [-0.39, 0.29) is 6.61 Å². The monoisotopic (exact) mass is 332 g/mol. The van der Waals surface area contributed by atoms with Gasteiger partial charge in [0.25, 0.3) is 0 Å². The van der Waals surface area contributed by atoms with Crippen molar-refractivity contribution in [2.45, 2.75) is 84.5 Å². The maximum absolute atomic E-state index is 10.5. The third-order valence-electron chi connectivity index (χ3n) is 4.62. The summed E-state index contributed by atoms with van der Waals surface area (Å²) in [6.45, 7) is 4.91.